The molecule has 0 radical (unpaired) electrons. The lowest BCUT2D eigenvalue weighted by atomic mass is 9.95. The molecule has 106 valence electrons. The molecule has 0 aromatic heterocycles. The summed E-state index contributed by atoms with van der Waals surface area (Å²) in [6.07, 6.45) is -0.814. The van der Waals surface area contributed by atoms with Crippen LogP contribution in [-0.2, 0) is 0 Å². The van der Waals surface area contributed by atoms with Crippen LogP contribution in [0.4, 0.5) is 0 Å². The lowest BCUT2D eigenvalue weighted by Gasteiger charge is -2.18. The highest BCUT2D eigenvalue weighted by Crippen LogP contribution is 2.35. The van der Waals surface area contributed by atoms with Crippen molar-refractivity contribution in [2.45, 2.75) is 20.0 Å². The van der Waals surface area contributed by atoms with Crippen LogP contribution in [0.25, 0.3) is 0 Å². The summed E-state index contributed by atoms with van der Waals surface area (Å²) in [5, 5.41) is 11.4. The summed E-state index contributed by atoms with van der Waals surface area (Å²) < 4.78 is 5.28. The number of benzene rings is 2. The summed E-state index contributed by atoms with van der Waals surface area (Å²) in [5.41, 5.74) is 3.31. The third-order valence-electron chi connectivity index (χ3n) is 3.35. The van der Waals surface area contributed by atoms with Crippen LogP contribution >= 0.6 is 23.2 Å². The number of aryl methyl sites for hydroxylation is 2. The number of halogens is 2. The van der Waals surface area contributed by atoms with Gasteiger partial charge in [0.1, 0.15) is 11.9 Å². The molecule has 0 amide bonds. The number of rotatable bonds is 3. The molecular formula is C16H16Cl2O2. The Balaban J connectivity index is 2.51. The van der Waals surface area contributed by atoms with E-state index in [9.17, 15) is 5.11 Å². The van der Waals surface area contributed by atoms with Gasteiger partial charge in [-0.15, -0.1) is 0 Å². The number of hydrogen-bond acceptors (Lipinski definition) is 2. The van der Waals surface area contributed by atoms with E-state index in [2.05, 4.69) is 0 Å². The fourth-order valence-electron chi connectivity index (χ4n) is 2.23. The van der Waals surface area contributed by atoms with Crippen LogP contribution in [0.2, 0.25) is 10.0 Å². The highest BCUT2D eigenvalue weighted by molar-refractivity contribution is 6.42. The van der Waals surface area contributed by atoms with Crippen LogP contribution in [-0.4, -0.2) is 12.2 Å². The number of aliphatic hydroxyl groups is 1. The summed E-state index contributed by atoms with van der Waals surface area (Å²) in [7, 11) is 1.63. The maximum atomic E-state index is 10.6. The van der Waals surface area contributed by atoms with E-state index in [1.807, 2.05) is 26.0 Å². The van der Waals surface area contributed by atoms with E-state index in [-0.39, 0.29) is 0 Å². The summed E-state index contributed by atoms with van der Waals surface area (Å²) in [6.45, 7) is 3.87. The van der Waals surface area contributed by atoms with Gasteiger partial charge in [0.25, 0.3) is 0 Å². The fourth-order valence-corrected chi connectivity index (χ4v) is 2.64. The molecule has 0 aliphatic carbocycles. The quantitative estimate of drug-likeness (QED) is 0.890. The van der Waals surface area contributed by atoms with Crippen LogP contribution in [0.5, 0.6) is 5.75 Å². The molecular weight excluding hydrogens is 295 g/mol. The molecule has 2 rings (SSSR count). The van der Waals surface area contributed by atoms with Crippen LogP contribution in [0, 0.1) is 13.8 Å². The summed E-state index contributed by atoms with van der Waals surface area (Å²) in [6, 6.07) is 9.07. The highest BCUT2D eigenvalue weighted by Gasteiger charge is 2.18. The Hall–Kier alpha value is -1.22. The Kier molecular flexibility index (Phi) is 4.59. The molecule has 0 aliphatic heterocycles. The lowest BCUT2D eigenvalue weighted by Crippen LogP contribution is -2.04. The molecule has 20 heavy (non-hydrogen) atoms. The van der Waals surface area contributed by atoms with E-state index in [4.69, 9.17) is 27.9 Å². The molecule has 0 bridgehead atoms. The summed E-state index contributed by atoms with van der Waals surface area (Å²) in [4.78, 5) is 0. The van der Waals surface area contributed by atoms with Crippen LogP contribution < -0.4 is 4.74 Å². The van der Waals surface area contributed by atoms with E-state index in [0.717, 1.165) is 22.4 Å². The average molecular weight is 311 g/mol. The Bertz CT molecular complexity index is 639. The largest absolute Gasteiger partial charge is 0.496 e. The molecule has 2 aromatic carbocycles. The van der Waals surface area contributed by atoms with Crippen molar-refractivity contribution in [2.75, 3.05) is 7.11 Å². The second-order valence-corrected chi connectivity index (χ2v) is 5.51. The van der Waals surface area contributed by atoms with E-state index < -0.39 is 6.10 Å². The van der Waals surface area contributed by atoms with Crippen molar-refractivity contribution in [1.29, 1.82) is 0 Å². The average Bonchev–Trinajstić information content (AvgIpc) is 2.43. The van der Waals surface area contributed by atoms with Gasteiger partial charge in [0.15, 0.2) is 0 Å². The third-order valence-corrected chi connectivity index (χ3v) is 4.19. The molecule has 0 fully saturated rings. The molecule has 2 aromatic rings. The van der Waals surface area contributed by atoms with E-state index in [0.29, 0.717) is 15.6 Å². The van der Waals surface area contributed by atoms with Gasteiger partial charge in [-0.2, -0.15) is 0 Å². The number of methoxy groups -OCH3 is 1. The smallest absolute Gasteiger partial charge is 0.122 e. The summed E-state index contributed by atoms with van der Waals surface area (Å²) >= 11 is 12.2. The van der Waals surface area contributed by atoms with Gasteiger partial charge in [-0.1, -0.05) is 35.3 Å². The van der Waals surface area contributed by atoms with Gasteiger partial charge >= 0.3 is 0 Å². The van der Waals surface area contributed by atoms with Crippen LogP contribution in [0.3, 0.4) is 0 Å². The molecule has 1 N–H and O–H groups in total. The van der Waals surface area contributed by atoms with Crippen molar-refractivity contribution in [3.63, 3.8) is 0 Å². The second kappa shape index (κ2) is 6.04. The number of ether oxygens (including phenoxy) is 1. The van der Waals surface area contributed by atoms with Crippen LogP contribution in [0.1, 0.15) is 28.4 Å². The Morgan fingerprint density at radius 1 is 1.05 bits per heavy atom. The van der Waals surface area contributed by atoms with E-state index in [1.54, 1.807) is 25.3 Å². The molecule has 0 saturated carbocycles. The number of aliphatic hydroxyl groups excluding tert-OH is 1. The standard InChI is InChI=1S/C16H16Cl2O2/c1-9-8-14(20-3)10(2)7-12(9)16(19)11-5-4-6-13(17)15(11)18/h4-8,16,19H,1-3H3. The number of hydrogen-bond donors (Lipinski definition) is 1. The second-order valence-electron chi connectivity index (χ2n) is 4.72. The first kappa shape index (κ1) is 15.2. The monoisotopic (exact) mass is 310 g/mol. The van der Waals surface area contributed by atoms with Gasteiger partial charge in [-0.3, -0.25) is 0 Å². The molecule has 0 saturated heterocycles. The molecule has 1 unspecified atom stereocenters. The molecule has 0 spiro atoms. The normalized spacial score (nSPS) is 12.3. The Morgan fingerprint density at radius 2 is 1.75 bits per heavy atom. The zero-order valence-corrected chi connectivity index (χ0v) is 13.1. The first-order chi connectivity index (χ1) is 9.45. The van der Waals surface area contributed by atoms with Gasteiger partial charge in [0, 0.05) is 5.56 Å². The first-order valence-electron chi connectivity index (χ1n) is 6.22. The predicted molar refractivity (Wildman–Crippen MR) is 83.0 cm³/mol. The molecule has 0 heterocycles. The third kappa shape index (κ3) is 2.78. The maximum Gasteiger partial charge on any atom is 0.122 e. The van der Waals surface area contributed by atoms with Gasteiger partial charge in [-0.05, 0) is 48.7 Å². The minimum Gasteiger partial charge on any atom is -0.496 e. The minimum atomic E-state index is -0.814. The first-order valence-corrected chi connectivity index (χ1v) is 6.98. The van der Waals surface area contributed by atoms with Gasteiger partial charge in [-0.25, -0.2) is 0 Å². The van der Waals surface area contributed by atoms with Crippen molar-refractivity contribution in [3.8, 4) is 5.75 Å². The Labute approximate surface area is 128 Å². The van der Waals surface area contributed by atoms with Crippen molar-refractivity contribution in [3.05, 3.63) is 62.6 Å². The van der Waals surface area contributed by atoms with Gasteiger partial charge in [0.2, 0.25) is 0 Å². The molecule has 4 heteroatoms. The molecule has 1 atom stereocenters. The van der Waals surface area contributed by atoms with E-state index in [1.165, 1.54) is 0 Å². The van der Waals surface area contributed by atoms with Gasteiger partial charge < -0.3 is 9.84 Å². The molecule has 2 nitrogen and oxygen atoms in total. The van der Waals surface area contributed by atoms with Crippen LogP contribution in [0.15, 0.2) is 30.3 Å². The highest BCUT2D eigenvalue weighted by atomic mass is 35.5. The SMILES string of the molecule is COc1cc(C)c(C(O)c2cccc(Cl)c2Cl)cc1C. The predicted octanol–water partition coefficient (Wildman–Crippen LogP) is 4.70. The van der Waals surface area contributed by atoms with E-state index >= 15 is 0 Å². The topological polar surface area (TPSA) is 29.5 Å². The van der Waals surface area contributed by atoms with Crippen molar-refractivity contribution >= 4 is 23.2 Å². The lowest BCUT2D eigenvalue weighted by molar-refractivity contribution is 0.219. The van der Waals surface area contributed by atoms with Crippen molar-refractivity contribution in [1.82, 2.24) is 0 Å². The van der Waals surface area contributed by atoms with Crippen molar-refractivity contribution < 1.29 is 9.84 Å². The summed E-state index contributed by atoms with van der Waals surface area (Å²) in [5.74, 6) is 0.802. The fraction of sp³-hybridized carbons (Fsp3) is 0.250. The zero-order chi connectivity index (χ0) is 14.9. The maximum absolute atomic E-state index is 10.6. The Morgan fingerprint density at radius 3 is 2.40 bits per heavy atom. The molecule has 0 aliphatic rings. The minimum absolute atomic E-state index is 0.384. The zero-order valence-electron chi connectivity index (χ0n) is 11.6. The van der Waals surface area contributed by atoms with Gasteiger partial charge in [0.05, 0.1) is 17.2 Å². The van der Waals surface area contributed by atoms with Crippen molar-refractivity contribution in [2.24, 2.45) is 0 Å².